The van der Waals surface area contributed by atoms with Crippen LogP contribution in [0, 0.1) is 0 Å². The van der Waals surface area contributed by atoms with Crippen LogP contribution in [0.15, 0.2) is 24.3 Å². The highest BCUT2D eigenvalue weighted by Gasteiger charge is 2.32. The molecule has 1 amide bonds. The topological polar surface area (TPSA) is 74.8 Å². The average molecular weight is 241 g/mol. The van der Waals surface area contributed by atoms with Crippen molar-refractivity contribution >= 4 is 17.5 Å². The third-order valence-electron chi connectivity index (χ3n) is 3.01. The molecule has 90 valence electrons. The average Bonchev–Trinajstić information content (AvgIpc) is 2.92. The molecular formula is C13H11N3O2. The Morgan fingerprint density at radius 3 is 2.78 bits per heavy atom. The lowest BCUT2D eigenvalue weighted by atomic mass is 10.1. The minimum Gasteiger partial charge on any atom is -0.309 e. The van der Waals surface area contributed by atoms with Crippen LogP contribution in [0.1, 0.15) is 29.3 Å². The smallest absolute Gasteiger partial charge is 0.225 e. The Bertz CT molecular complexity index is 658. The minimum absolute atomic E-state index is 0.0965. The standard InChI is InChI=1S/C13H11N3O2/c1-2-9(17)14-13-10-11(15-16-13)7-5-3-4-6-8(7)12(10)18/h3-6H,2H2,1H3,(H2,14,15,16,17). The summed E-state index contributed by atoms with van der Waals surface area (Å²) in [6, 6.07) is 7.33. The third kappa shape index (κ3) is 1.37. The number of nitrogens with zero attached hydrogens (tertiary/aromatic N) is 1. The molecule has 1 aromatic heterocycles. The summed E-state index contributed by atoms with van der Waals surface area (Å²) in [5, 5.41) is 9.45. The monoisotopic (exact) mass is 241 g/mol. The molecule has 0 saturated heterocycles. The van der Waals surface area contributed by atoms with Gasteiger partial charge in [0.25, 0.3) is 0 Å². The molecule has 0 aliphatic heterocycles. The minimum atomic E-state index is -0.159. The first-order chi connectivity index (χ1) is 8.72. The van der Waals surface area contributed by atoms with Crippen molar-refractivity contribution in [3.8, 4) is 11.3 Å². The largest absolute Gasteiger partial charge is 0.309 e. The molecule has 2 N–H and O–H groups in total. The summed E-state index contributed by atoms with van der Waals surface area (Å²) in [6.45, 7) is 1.75. The highest BCUT2D eigenvalue weighted by molar-refractivity contribution is 6.24. The predicted molar refractivity (Wildman–Crippen MR) is 66.4 cm³/mol. The number of fused-ring (bicyclic) bond motifs is 3. The number of anilines is 1. The first-order valence-electron chi connectivity index (χ1n) is 5.74. The number of carbonyl (C=O) groups excluding carboxylic acids is 2. The van der Waals surface area contributed by atoms with E-state index in [9.17, 15) is 9.59 Å². The Morgan fingerprint density at radius 2 is 2.06 bits per heavy atom. The lowest BCUT2D eigenvalue weighted by Crippen LogP contribution is -2.12. The summed E-state index contributed by atoms with van der Waals surface area (Å²) in [6.07, 6.45) is 0.350. The van der Waals surface area contributed by atoms with Crippen molar-refractivity contribution in [3.63, 3.8) is 0 Å². The molecule has 18 heavy (non-hydrogen) atoms. The molecule has 5 nitrogen and oxygen atoms in total. The molecule has 0 bridgehead atoms. The number of nitrogens with one attached hydrogen (secondary N) is 2. The second-order valence-electron chi connectivity index (χ2n) is 4.10. The van der Waals surface area contributed by atoms with Crippen LogP contribution >= 0.6 is 0 Å². The zero-order valence-corrected chi connectivity index (χ0v) is 9.78. The van der Waals surface area contributed by atoms with Gasteiger partial charge in [0.15, 0.2) is 11.6 Å². The van der Waals surface area contributed by atoms with Crippen molar-refractivity contribution in [2.75, 3.05) is 5.32 Å². The number of carbonyl (C=O) groups is 2. The molecule has 0 fully saturated rings. The number of H-pyrrole nitrogens is 1. The molecule has 0 radical (unpaired) electrons. The van der Waals surface area contributed by atoms with E-state index in [1.807, 2.05) is 18.2 Å². The second kappa shape index (κ2) is 3.80. The lowest BCUT2D eigenvalue weighted by Gasteiger charge is -2.00. The Kier molecular flexibility index (Phi) is 2.26. The first-order valence-corrected chi connectivity index (χ1v) is 5.74. The molecule has 1 heterocycles. The summed E-state index contributed by atoms with van der Waals surface area (Å²) in [7, 11) is 0. The number of hydrogen-bond donors (Lipinski definition) is 2. The van der Waals surface area contributed by atoms with Gasteiger partial charge in [-0.05, 0) is 0 Å². The fourth-order valence-corrected chi connectivity index (χ4v) is 2.10. The Hall–Kier alpha value is -2.43. The summed E-state index contributed by atoms with van der Waals surface area (Å²) < 4.78 is 0. The van der Waals surface area contributed by atoms with Crippen LogP contribution in [0.2, 0.25) is 0 Å². The van der Waals surface area contributed by atoms with Gasteiger partial charge in [-0.3, -0.25) is 14.7 Å². The van der Waals surface area contributed by atoms with E-state index < -0.39 is 0 Å². The molecule has 0 saturated carbocycles. The van der Waals surface area contributed by atoms with E-state index in [4.69, 9.17) is 0 Å². The van der Waals surface area contributed by atoms with E-state index in [1.54, 1.807) is 13.0 Å². The van der Waals surface area contributed by atoms with Gasteiger partial charge in [0.2, 0.25) is 5.91 Å². The van der Waals surface area contributed by atoms with Crippen molar-refractivity contribution < 1.29 is 9.59 Å². The van der Waals surface area contributed by atoms with E-state index in [0.29, 0.717) is 29.1 Å². The molecule has 5 heteroatoms. The van der Waals surface area contributed by atoms with Crippen molar-refractivity contribution in [1.82, 2.24) is 10.2 Å². The first kappa shape index (κ1) is 10.7. The Labute approximate surface area is 103 Å². The molecular weight excluding hydrogens is 230 g/mol. The van der Waals surface area contributed by atoms with Crippen LogP contribution in [0.5, 0.6) is 0 Å². The molecule has 0 spiro atoms. The van der Waals surface area contributed by atoms with Crippen LogP contribution in [0.25, 0.3) is 11.3 Å². The number of ketones is 1. The van der Waals surface area contributed by atoms with Gasteiger partial charge in [0.1, 0.15) is 0 Å². The van der Waals surface area contributed by atoms with Gasteiger partial charge < -0.3 is 5.32 Å². The van der Waals surface area contributed by atoms with Gasteiger partial charge in [0.05, 0.1) is 11.3 Å². The van der Waals surface area contributed by atoms with Crippen molar-refractivity contribution in [1.29, 1.82) is 0 Å². The third-order valence-corrected chi connectivity index (χ3v) is 3.01. The molecule has 0 atom stereocenters. The van der Waals surface area contributed by atoms with E-state index in [1.165, 1.54) is 0 Å². The van der Waals surface area contributed by atoms with Crippen molar-refractivity contribution in [2.45, 2.75) is 13.3 Å². The van der Waals surface area contributed by atoms with Gasteiger partial charge in [-0.15, -0.1) is 0 Å². The SMILES string of the molecule is CCC(=O)Nc1n[nH]c2c1C(=O)c1ccccc1-2. The summed E-state index contributed by atoms with van der Waals surface area (Å²) in [4.78, 5) is 23.6. The fourth-order valence-electron chi connectivity index (χ4n) is 2.10. The molecule has 0 unspecified atom stereocenters. The van der Waals surface area contributed by atoms with Crippen LogP contribution < -0.4 is 5.32 Å². The molecule has 2 aromatic rings. The molecule has 1 aliphatic rings. The van der Waals surface area contributed by atoms with Crippen LogP contribution in [-0.4, -0.2) is 21.9 Å². The Balaban J connectivity index is 2.10. The number of benzene rings is 1. The number of rotatable bonds is 2. The quantitative estimate of drug-likeness (QED) is 0.720. The highest BCUT2D eigenvalue weighted by atomic mass is 16.2. The predicted octanol–water partition coefficient (Wildman–Crippen LogP) is 1.97. The van der Waals surface area contributed by atoms with Gasteiger partial charge in [-0.2, -0.15) is 5.10 Å². The fraction of sp³-hybridized carbons (Fsp3) is 0.154. The highest BCUT2D eigenvalue weighted by Crippen LogP contribution is 2.38. The van der Waals surface area contributed by atoms with Gasteiger partial charge in [-0.1, -0.05) is 31.2 Å². The normalized spacial score (nSPS) is 12.2. The van der Waals surface area contributed by atoms with E-state index in [2.05, 4.69) is 15.5 Å². The Morgan fingerprint density at radius 1 is 1.33 bits per heavy atom. The maximum Gasteiger partial charge on any atom is 0.225 e. The molecule has 1 aromatic carbocycles. The van der Waals surface area contributed by atoms with Crippen LogP contribution in [0.4, 0.5) is 5.82 Å². The van der Waals surface area contributed by atoms with Gasteiger partial charge in [0, 0.05) is 17.5 Å². The van der Waals surface area contributed by atoms with Gasteiger partial charge >= 0.3 is 0 Å². The van der Waals surface area contributed by atoms with E-state index >= 15 is 0 Å². The van der Waals surface area contributed by atoms with Crippen molar-refractivity contribution in [2.24, 2.45) is 0 Å². The number of aromatic amines is 1. The number of amides is 1. The maximum atomic E-state index is 12.2. The second-order valence-corrected chi connectivity index (χ2v) is 4.10. The maximum absolute atomic E-state index is 12.2. The van der Waals surface area contributed by atoms with Crippen LogP contribution in [-0.2, 0) is 4.79 Å². The zero-order chi connectivity index (χ0) is 12.7. The molecule has 3 rings (SSSR count). The summed E-state index contributed by atoms with van der Waals surface area (Å²) >= 11 is 0. The number of aromatic nitrogens is 2. The van der Waals surface area contributed by atoms with E-state index in [-0.39, 0.29) is 11.7 Å². The van der Waals surface area contributed by atoms with Crippen molar-refractivity contribution in [3.05, 3.63) is 35.4 Å². The van der Waals surface area contributed by atoms with Crippen LogP contribution in [0.3, 0.4) is 0 Å². The van der Waals surface area contributed by atoms with Gasteiger partial charge in [-0.25, -0.2) is 0 Å². The number of hydrogen-bond acceptors (Lipinski definition) is 3. The zero-order valence-electron chi connectivity index (χ0n) is 9.78. The van der Waals surface area contributed by atoms with E-state index in [0.717, 1.165) is 5.56 Å². The molecule has 1 aliphatic carbocycles. The lowest BCUT2D eigenvalue weighted by molar-refractivity contribution is -0.115. The summed E-state index contributed by atoms with van der Waals surface area (Å²) in [5.74, 6) is 0.0619. The summed E-state index contributed by atoms with van der Waals surface area (Å²) in [5.41, 5.74) is 2.62.